The highest BCUT2D eigenvalue weighted by Gasteiger charge is 2.43. The van der Waals surface area contributed by atoms with Crippen LogP contribution in [0, 0.1) is 0 Å². The van der Waals surface area contributed by atoms with Crippen molar-refractivity contribution < 1.29 is 4.79 Å². The fourth-order valence-corrected chi connectivity index (χ4v) is 4.14. The molecular weight excluding hydrogens is 256 g/mol. The summed E-state index contributed by atoms with van der Waals surface area (Å²) >= 11 is 1.67. The van der Waals surface area contributed by atoms with E-state index in [0.29, 0.717) is 24.4 Å². The number of fused-ring (bicyclic) bond motifs is 1. The maximum atomic E-state index is 12.4. The fraction of sp³-hybridized carbons (Fsp3) is 0.533. The third kappa shape index (κ3) is 2.47. The molecule has 0 bridgehead atoms. The van der Waals surface area contributed by atoms with Crippen LogP contribution in [0.5, 0.6) is 0 Å². The number of hydrogen-bond acceptors (Lipinski definition) is 3. The molecular formula is C15H20N2OS. The van der Waals surface area contributed by atoms with E-state index in [0.717, 1.165) is 32.5 Å². The quantitative estimate of drug-likeness (QED) is 0.787. The van der Waals surface area contributed by atoms with Crippen molar-refractivity contribution in [2.75, 3.05) is 19.6 Å². The van der Waals surface area contributed by atoms with E-state index in [-0.39, 0.29) is 0 Å². The summed E-state index contributed by atoms with van der Waals surface area (Å²) in [5.74, 6) is 0.301. The highest BCUT2D eigenvalue weighted by Crippen LogP contribution is 2.32. The smallest absolute Gasteiger partial charge is 0.228 e. The van der Waals surface area contributed by atoms with Crippen LogP contribution in [0.25, 0.3) is 0 Å². The SMILES string of the molecule is C=CCN1CC[C@@H]2[C@@H]1CCN2C(=O)Cc1cccs1. The van der Waals surface area contributed by atoms with Crippen LogP contribution in [0.1, 0.15) is 17.7 Å². The minimum Gasteiger partial charge on any atom is -0.338 e. The Morgan fingerprint density at radius 2 is 2.26 bits per heavy atom. The maximum absolute atomic E-state index is 12.4. The van der Waals surface area contributed by atoms with E-state index in [4.69, 9.17) is 0 Å². The lowest BCUT2D eigenvalue weighted by atomic mass is 10.1. The minimum absolute atomic E-state index is 0.301. The van der Waals surface area contributed by atoms with Gasteiger partial charge < -0.3 is 4.90 Å². The van der Waals surface area contributed by atoms with Gasteiger partial charge in [0.05, 0.1) is 6.42 Å². The second-order valence-corrected chi connectivity index (χ2v) is 6.37. The highest BCUT2D eigenvalue weighted by atomic mass is 32.1. The average Bonchev–Trinajstić information content (AvgIpc) is 3.07. The number of rotatable bonds is 4. The second kappa shape index (κ2) is 5.47. The third-order valence-corrected chi connectivity index (χ3v) is 5.16. The first-order chi connectivity index (χ1) is 9.29. The van der Waals surface area contributed by atoms with Crippen LogP contribution in [-0.4, -0.2) is 47.4 Å². The molecule has 2 fully saturated rings. The lowest BCUT2D eigenvalue weighted by molar-refractivity contribution is -0.131. The summed E-state index contributed by atoms with van der Waals surface area (Å²) in [4.78, 5) is 18.2. The van der Waals surface area contributed by atoms with E-state index in [1.807, 2.05) is 17.5 Å². The Kier molecular flexibility index (Phi) is 3.71. The number of carbonyl (C=O) groups excluding carboxylic acids is 1. The molecule has 2 aliphatic heterocycles. The van der Waals surface area contributed by atoms with E-state index < -0.39 is 0 Å². The van der Waals surface area contributed by atoms with Crippen molar-refractivity contribution in [1.82, 2.24) is 9.80 Å². The number of thiophene rings is 1. The van der Waals surface area contributed by atoms with Crippen LogP contribution in [0.3, 0.4) is 0 Å². The third-order valence-electron chi connectivity index (χ3n) is 4.28. The van der Waals surface area contributed by atoms with Gasteiger partial charge >= 0.3 is 0 Å². The summed E-state index contributed by atoms with van der Waals surface area (Å²) in [7, 11) is 0. The largest absolute Gasteiger partial charge is 0.338 e. The first-order valence-corrected chi connectivity index (χ1v) is 7.84. The number of nitrogens with zero attached hydrogens (tertiary/aromatic N) is 2. The van der Waals surface area contributed by atoms with Gasteiger partial charge in [0.25, 0.3) is 0 Å². The molecule has 2 saturated heterocycles. The zero-order valence-electron chi connectivity index (χ0n) is 11.1. The van der Waals surface area contributed by atoms with Crippen molar-refractivity contribution in [2.24, 2.45) is 0 Å². The molecule has 1 aromatic heterocycles. The molecule has 19 heavy (non-hydrogen) atoms. The van der Waals surface area contributed by atoms with Crippen molar-refractivity contribution >= 4 is 17.2 Å². The Hall–Kier alpha value is -1.13. The molecule has 0 aromatic carbocycles. The normalized spacial score (nSPS) is 26.6. The fourth-order valence-electron chi connectivity index (χ4n) is 3.44. The standard InChI is InChI=1S/C15H20N2OS/c1-2-7-16-8-5-14-13(16)6-9-17(14)15(18)11-12-4-3-10-19-12/h2-4,10,13-14H,1,5-9,11H2/t13-,14+/m0/s1. The zero-order chi connectivity index (χ0) is 13.2. The summed E-state index contributed by atoms with van der Waals surface area (Å²) in [6.45, 7) is 6.80. The van der Waals surface area contributed by atoms with Gasteiger partial charge in [-0.3, -0.25) is 9.69 Å². The summed E-state index contributed by atoms with van der Waals surface area (Å²) in [5, 5.41) is 2.04. The van der Waals surface area contributed by atoms with Gasteiger partial charge in [-0.15, -0.1) is 17.9 Å². The molecule has 2 aliphatic rings. The predicted octanol–water partition coefficient (Wildman–Crippen LogP) is 2.15. The van der Waals surface area contributed by atoms with Gasteiger partial charge in [-0.05, 0) is 24.3 Å². The van der Waals surface area contributed by atoms with E-state index in [9.17, 15) is 4.79 Å². The Labute approximate surface area is 118 Å². The Bertz CT molecular complexity index is 457. The molecule has 0 spiro atoms. The molecule has 3 heterocycles. The molecule has 3 nitrogen and oxygen atoms in total. The number of likely N-dealkylation sites (tertiary alicyclic amines) is 2. The summed E-state index contributed by atoms with van der Waals surface area (Å²) in [6.07, 6.45) is 4.78. The van der Waals surface area contributed by atoms with E-state index in [1.165, 1.54) is 4.88 Å². The Morgan fingerprint density at radius 3 is 3.00 bits per heavy atom. The molecule has 0 saturated carbocycles. The lowest BCUT2D eigenvalue weighted by Crippen LogP contribution is -2.40. The molecule has 1 aromatic rings. The van der Waals surface area contributed by atoms with E-state index in [2.05, 4.69) is 22.4 Å². The van der Waals surface area contributed by atoms with E-state index in [1.54, 1.807) is 11.3 Å². The number of amides is 1. The molecule has 3 rings (SSSR count). The molecule has 0 aliphatic carbocycles. The lowest BCUT2D eigenvalue weighted by Gasteiger charge is -2.25. The van der Waals surface area contributed by atoms with Crippen LogP contribution in [0.15, 0.2) is 30.2 Å². The first kappa shape index (κ1) is 12.9. The van der Waals surface area contributed by atoms with E-state index >= 15 is 0 Å². The van der Waals surface area contributed by atoms with Gasteiger partial charge in [0.1, 0.15) is 0 Å². The van der Waals surface area contributed by atoms with Gasteiger partial charge in [0, 0.05) is 36.6 Å². The highest BCUT2D eigenvalue weighted by molar-refractivity contribution is 7.10. The molecule has 0 radical (unpaired) electrons. The number of carbonyl (C=O) groups is 1. The van der Waals surface area contributed by atoms with Crippen LogP contribution >= 0.6 is 11.3 Å². The Balaban J connectivity index is 1.64. The molecule has 0 N–H and O–H groups in total. The molecule has 0 unspecified atom stereocenters. The van der Waals surface area contributed by atoms with Crippen molar-refractivity contribution in [2.45, 2.75) is 31.3 Å². The summed E-state index contributed by atoms with van der Waals surface area (Å²) < 4.78 is 0. The van der Waals surface area contributed by atoms with Gasteiger partial charge in [-0.25, -0.2) is 0 Å². The van der Waals surface area contributed by atoms with Crippen molar-refractivity contribution in [3.05, 3.63) is 35.0 Å². The molecule has 1 amide bonds. The Morgan fingerprint density at radius 1 is 1.42 bits per heavy atom. The summed E-state index contributed by atoms with van der Waals surface area (Å²) in [6, 6.07) is 5.06. The summed E-state index contributed by atoms with van der Waals surface area (Å²) in [5.41, 5.74) is 0. The monoisotopic (exact) mass is 276 g/mol. The second-order valence-electron chi connectivity index (χ2n) is 5.34. The van der Waals surface area contributed by atoms with Crippen molar-refractivity contribution in [3.8, 4) is 0 Å². The first-order valence-electron chi connectivity index (χ1n) is 6.96. The van der Waals surface area contributed by atoms with Gasteiger partial charge in [-0.1, -0.05) is 12.1 Å². The average molecular weight is 276 g/mol. The van der Waals surface area contributed by atoms with Gasteiger partial charge in [-0.2, -0.15) is 0 Å². The molecule has 4 heteroatoms. The molecule has 102 valence electrons. The van der Waals surface area contributed by atoms with Crippen LogP contribution in [-0.2, 0) is 11.2 Å². The van der Waals surface area contributed by atoms with Gasteiger partial charge in [0.15, 0.2) is 0 Å². The minimum atomic E-state index is 0.301. The van der Waals surface area contributed by atoms with Crippen LogP contribution in [0.4, 0.5) is 0 Å². The van der Waals surface area contributed by atoms with Crippen molar-refractivity contribution in [3.63, 3.8) is 0 Å². The van der Waals surface area contributed by atoms with Crippen LogP contribution in [0.2, 0.25) is 0 Å². The number of hydrogen-bond donors (Lipinski definition) is 0. The molecule has 2 atom stereocenters. The maximum Gasteiger partial charge on any atom is 0.228 e. The van der Waals surface area contributed by atoms with Gasteiger partial charge in [0.2, 0.25) is 5.91 Å². The predicted molar refractivity (Wildman–Crippen MR) is 78.3 cm³/mol. The van der Waals surface area contributed by atoms with Crippen molar-refractivity contribution in [1.29, 1.82) is 0 Å². The van der Waals surface area contributed by atoms with Crippen LogP contribution < -0.4 is 0 Å². The topological polar surface area (TPSA) is 23.6 Å². The zero-order valence-corrected chi connectivity index (χ0v) is 11.9.